The van der Waals surface area contributed by atoms with Crippen molar-refractivity contribution in [3.05, 3.63) is 29.6 Å². The van der Waals surface area contributed by atoms with Gasteiger partial charge in [0.05, 0.1) is 12.1 Å². The van der Waals surface area contributed by atoms with E-state index < -0.39 is 30.1 Å². The number of hydrogen-bond acceptors (Lipinski definition) is 3. The second kappa shape index (κ2) is 5.75. The molecule has 1 aromatic carbocycles. The van der Waals surface area contributed by atoms with Gasteiger partial charge in [-0.2, -0.15) is 0 Å². The summed E-state index contributed by atoms with van der Waals surface area (Å²) in [5.41, 5.74) is 5.43. The van der Waals surface area contributed by atoms with Crippen LogP contribution in [0.2, 0.25) is 0 Å². The van der Waals surface area contributed by atoms with Gasteiger partial charge < -0.3 is 15.6 Å². The minimum Gasteiger partial charge on any atom is -0.406 e. The number of ether oxygens (including phenoxy) is 1. The lowest BCUT2D eigenvalue weighted by Crippen LogP contribution is -2.31. The number of benzene rings is 1. The van der Waals surface area contributed by atoms with E-state index in [9.17, 15) is 22.7 Å². The number of halogens is 4. The van der Waals surface area contributed by atoms with Crippen LogP contribution < -0.4 is 10.5 Å². The number of alkyl halides is 3. The van der Waals surface area contributed by atoms with E-state index in [0.29, 0.717) is 0 Å². The molecule has 0 fully saturated rings. The zero-order valence-electron chi connectivity index (χ0n) is 10.4. The molecule has 0 aromatic heterocycles. The summed E-state index contributed by atoms with van der Waals surface area (Å²) in [5, 5.41) is 9.74. The van der Waals surface area contributed by atoms with Gasteiger partial charge in [-0.25, -0.2) is 4.39 Å². The summed E-state index contributed by atoms with van der Waals surface area (Å²) in [6.45, 7) is 3.33. The van der Waals surface area contributed by atoms with Crippen molar-refractivity contribution >= 4 is 0 Å². The van der Waals surface area contributed by atoms with Gasteiger partial charge in [0.2, 0.25) is 0 Å². The van der Waals surface area contributed by atoms with Crippen LogP contribution >= 0.6 is 0 Å². The molecule has 0 spiro atoms. The van der Waals surface area contributed by atoms with Crippen molar-refractivity contribution in [3.63, 3.8) is 0 Å². The lowest BCUT2D eigenvalue weighted by atomic mass is 9.94. The summed E-state index contributed by atoms with van der Waals surface area (Å²) in [7, 11) is 0. The van der Waals surface area contributed by atoms with E-state index in [-0.39, 0.29) is 11.5 Å². The van der Waals surface area contributed by atoms with E-state index in [0.717, 1.165) is 18.2 Å². The first-order chi connectivity index (χ1) is 8.61. The topological polar surface area (TPSA) is 55.5 Å². The predicted molar refractivity (Wildman–Crippen MR) is 60.9 cm³/mol. The molecule has 0 bridgehead atoms. The smallest absolute Gasteiger partial charge is 0.406 e. The van der Waals surface area contributed by atoms with Gasteiger partial charge >= 0.3 is 6.36 Å². The van der Waals surface area contributed by atoms with Crippen molar-refractivity contribution in [2.45, 2.75) is 32.4 Å². The third-order valence-electron chi connectivity index (χ3n) is 2.61. The minimum absolute atomic E-state index is 0.219. The van der Waals surface area contributed by atoms with Crippen molar-refractivity contribution in [3.8, 4) is 5.75 Å². The molecular weight excluding hydrogens is 266 g/mol. The molecule has 3 nitrogen and oxygen atoms in total. The van der Waals surface area contributed by atoms with Gasteiger partial charge in [-0.05, 0) is 24.1 Å². The highest BCUT2D eigenvalue weighted by atomic mass is 19.4. The van der Waals surface area contributed by atoms with E-state index in [4.69, 9.17) is 5.73 Å². The highest BCUT2D eigenvalue weighted by Gasteiger charge is 2.32. The largest absolute Gasteiger partial charge is 0.573 e. The van der Waals surface area contributed by atoms with Gasteiger partial charge in [0.25, 0.3) is 0 Å². The Labute approximate surface area is 108 Å². The van der Waals surface area contributed by atoms with Gasteiger partial charge in [-0.3, -0.25) is 0 Å². The Bertz CT molecular complexity index is 434. The second-order valence-corrected chi connectivity index (χ2v) is 4.49. The first kappa shape index (κ1) is 15.7. The van der Waals surface area contributed by atoms with Crippen LogP contribution in [0.5, 0.6) is 5.75 Å². The maximum Gasteiger partial charge on any atom is 0.573 e. The van der Waals surface area contributed by atoms with Crippen LogP contribution in [0.15, 0.2) is 18.2 Å². The van der Waals surface area contributed by atoms with Crippen LogP contribution in [-0.2, 0) is 0 Å². The predicted octanol–water partition coefficient (Wildman–Crippen LogP) is 2.74. The number of aliphatic hydroxyl groups excluding tert-OH is 1. The summed E-state index contributed by atoms with van der Waals surface area (Å²) in [6, 6.07) is 1.39. The zero-order valence-corrected chi connectivity index (χ0v) is 10.4. The molecule has 0 amide bonds. The standard InChI is InChI=1S/C12H15F4NO2/c1-6(2)11(18)10(17)8-5-7(3-4-9(8)13)19-12(14,15)16/h3-6,10-11,18H,17H2,1-2H3/t10-,11+/m0/s1. The molecule has 0 radical (unpaired) electrons. The molecule has 19 heavy (non-hydrogen) atoms. The summed E-state index contributed by atoms with van der Waals surface area (Å²) in [4.78, 5) is 0. The number of aliphatic hydroxyl groups is 1. The fraction of sp³-hybridized carbons (Fsp3) is 0.500. The van der Waals surface area contributed by atoms with E-state index in [2.05, 4.69) is 4.74 Å². The average molecular weight is 281 g/mol. The first-order valence-corrected chi connectivity index (χ1v) is 5.60. The van der Waals surface area contributed by atoms with Crippen molar-refractivity contribution in [1.29, 1.82) is 0 Å². The lowest BCUT2D eigenvalue weighted by molar-refractivity contribution is -0.274. The fourth-order valence-corrected chi connectivity index (χ4v) is 1.57. The second-order valence-electron chi connectivity index (χ2n) is 4.49. The van der Waals surface area contributed by atoms with Gasteiger partial charge in [-0.15, -0.1) is 13.2 Å². The van der Waals surface area contributed by atoms with Crippen LogP contribution in [0.4, 0.5) is 17.6 Å². The summed E-state index contributed by atoms with van der Waals surface area (Å²) in [6.07, 6.45) is -5.94. The Morgan fingerprint density at radius 3 is 2.32 bits per heavy atom. The molecule has 0 heterocycles. The third-order valence-corrected chi connectivity index (χ3v) is 2.61. The Morgan fingerprint density at radius 1 is 1.26 bits per heavy atom. The molecular formula is C12H15F4NO2. The first-order valence-electron chi connectivity index (χ1n) is 5.60. The highest BCUT2D eigenvalue weighted by Crippen LogP contribution is 2.29. The zero-order chi connectivity index (χ0) is 14.8. The van der Waals surface area contributed by atoms with Crippen LogP contribution in [0.1, 0.15) is 25.5 Å². The van der Waals surface area contributed by atoms with Crippen molar-refractivity contribution in [2.24, 2.45) is 11.7 Å². The normalized spacial score (nSPS) is 15.4. The minimum atomic E-state index is -4.87. The number of nitrogens with two attached hydrogens (primary N) is 1. The Morgan fingerprint density at radius 2 is 1.84 bits per heavy atom. The van der Waals surface area contributed by atoms with Crippen LogP contribution in [0, 0.1) is 11.7 Å². The summed E-state index contributed by atoms with van der Waals surface area (Å²) in [5.74, 6) is -1.63. The Kier molecular flexibility index (Phi) is 4.75. The van der Waals surface area contributed by atoms with Gasteiger partial charge in [0, 0.05) is 5.56 Å². The maximum atomic E-state index is 13.5. The monoisotopic (exact) mass is 281 g/mol. The number of hydrogen-bond donors (Lipinski definition) is 2. The van der Waals surface area contributed by atoms with E-state index in [1.165, 1.54) is 0 Å². The molecule has 0 aliphatic heterocycles. The molecule has 0 aliphatic rings. The molecule has 3 N–H and O–H groups in total. The Hall–Kier alpha value is -1.34. The molecule has 0 aliphatic carbocycles. The quantitative estimate of drug-likeness (QED) is 0.834. The van der Waals surface area contributed by atoms with Crippen LogP contribution in [-0.4, -0.2) is 17.6 Å². The molecule has 0 saturated carbocycles. The number of rotatable bonds is 4. The maximum absolute atomic E-state index is 13.5. The van der Waals surface area contributed by atoms with Crippen molar-refractivity contribution in [2.75, 3.05) is 0 Å². The lowest BCUT2D eigenvalue weighted by Gasteiger charge is -2.23. The molecule has 7 heteroatoms. The van der Waals surface area contributed by atoms with E-state index in [1.54, 1.807) is 13.8 Å². The third kappa shape index (κ3) is 4.36. The molecule has 108 valence electrons. The SMILES string of the molecule is CC(C)[C@@H](O)[C@@H](N)c1cc(OC(F)(F)F)ccc1F. The van der Waals surface area contributed by atoms with Crippen LogP contribution in [0.25, 0.3) is 0 Å². The molecule has 1 aromatic rings. The van der Waals surface area contributed by atoms with Crippen molar-refractivity contribution < 1.29 is 27.4 Å². The van der Waals surface area contributed by atoms with Crippen molar-refractivity contribution in [1.82, 2.24) is 0 Å². The van der Waals surface area contributed by atoms with Gasteiger partial charge in [0.1, 0.15) is 11.6 Å². The molecule has 2 atom stereocenters. The Balaban J connectivity index is 3.03. The van der Waals surface area contributed by atoms with E-state index >= 15 is 0 Å². The highest BCUT2D eigenvalue weighted by molar-refractivity contribution is 5.32. The molecule has 0 unspecified atom stereocenters. The molecule has 0 saturated heterocycles. The average Bonchev–Trinajstić information content (AvgIpc) is 2.27. The van der Waals surface area contributed by atoms with E-state index in [1.807, 2.05) is 0 Å². The summed E-state index contributed by atoms with van der Waals surface area (Å²) < 4.78 is 53.4. The van der Waals surface area contributed by atoms with Crippen LogP contribution in [0.3, 0.4) is 0 Å². The van der Waals surface area contributed by atoms with Gasteiger partial charge in [-0.1, -0.05) is 13.8 Å². The van der Waals surface area contributed by atoms with Gasteiger partial charge in [0.15, 0.2) is 0 Å². The molecule has 1 rings (SSSR count). The fourth-order valence-electron chi connectivity index (χ4n) is 1.57. The summed E-state index contributed by atoms with van der Waals surface area (Å²) >= 11 is 0.